The maximum atomic E-state index is 12.2. The van der Waals surface area contributed by atoms with E-state index in [9.17, 15) is 14.7 Å². The smallest absolute Gasteiger partial charge is 0.321 e. The lowest BCUT2D eigenvalue weighted by Gasteiger charge is -2.20. The zero-order chi connectivity index (χ0) is 14.5. The Hall–Kier alpha value is -2.08. The molecule has 0 unspecified atom stereocenters. The SMILES string of the molecule is CN1CCCN(C(=O)Nc2ccc(O)c(=O)cc2)CC1. The number of aromatic hydroxyl groups is 1. The lowest BCUT2D eigenvalue weighted by molar-refractivity contribution is 0.213. The molecule has 1 aliphatic heterocycles. The number of carbonyl (C=O) groups is 1. The maximum absolute atomic E-state index is 12.2. The summed E-state index contributed by atoms with van der Waals surface area (Å²) in [6, 6.07) is 5.34. The van der Waals surface area contributed by atoms with Crippen LogP contribution in [0.1, 0.15) is 6.42 Å². The molecule has 0 spiro atoms. The third-order valence-corrected chi connectivity index (χ3v) is 3.35. The molecule has 0 atom stereocenters. The molecule has 0 radical (unpaired) electrons. The summed E-state index contributed by atoms with van der Waals surface area (Å²) in [5.74, 6) is -0.332. The van der Waals surface area contributed by atoms with E-state index in [0.717, 1.165) is 19.5 Å². The minimum Gasteiger partial charge on any atom is -0.504 e. The first-order chi connectivity index (χ1) is 9.56. The molecule has 2 N–H and O–H groups in total. The summed E-state index contributed by atoms with van der Waals surface area (Å²) in [6.07, 6.45) is 0.942. The molecule has 1 heterocycles. The van der Waals surface area contributed by atoms with Crippen LogP contribution in [0.2, 0.25) is 0 Å². The highest BCUT2D eigenvalue weighted by Crippen LogP contribution is 2.09. The summed E-state index contributed by atoms with van der Waals surface area (Å²) in [5.41, 5.74) is 0.0203. The number of urea groups is 1. The van der Waals surface area contributed by atoms with E-state index in [1.807, 2.05) is 7.05 Å². The van der Waals surface area contributed by atoms with Crippen molar-refractivity contribution in [2.45, 2.75) is 6.42 Å². The normalized spacial score (nSPS) is 16.6. The van der Waals surface area contributed by atoms with E-state index in [2.05, 4.69) is 10.2 Å². The number of hydrogen-bond acceptors (Lipinski definition) is 4. The van der Waals surface area contributed by atoms with Gasteiger partial charge in [-0.2, -0.15) is 0 Å². The number of hydrogen-bond donors (Lipinski definition) is 2. The fraction of sp³-hybridized carbons (Fsp3) is 0.429. The molecule has 6 heteroatoms. The average Bonchev–Trinajstić information content (AvgIpc) is 2.72. The Morgan fingerprint density at radius 1 is 1.15 bits per heavy atom. The van der Waals surface area contributed by atoms with Gasteiger partial charge in [0.25, 0.3) is 0 Å². The molecule has 1 aliphatic rings. The second-order valence-electron chi connectivity index (χ2n) is 4.95. The second-order valence-corrected chi connectivity index (χ2v) is 4.95. The van der Waals surface area contributed by atoms with Crippen LogP contribution in [0.3, 0.4) is 0 Å². The number of carbonyl (C=O) groups excluding carboxylic acids is 1. The molecule has 2 amide bonds. The Kier molecular flexibility index (Phi) is 4.57. The van der Waals surface area contributed by atoms with Gasteiger partial charge in [-0.1, -0.05) is 0 Å². The third kappa shape index (κ3) is 3.71. The lowest BCUT2D eigenvalue weighted by atomic mass is 10.4. The third-order valence-electron chi connectivity index (χ3n) is 3.35. The first-order valence-corrected chi connectivity index (χ1v) is 6.64. The largest absolute Gasteiger partial charge is 0.504 e. The van der Waals surface area contributed by atoms with E-state index < -0.39 is 5.43 Å². The first-order valence-electron chi connectivity index (χ1n) is 6.64. The van der Waals surface area contributed by atoms with E-state index in [1.54, 1.807) is 4.90 Å². The molecule has 0 aromatic heterocycles. The summed E-state index contributed by atoms with van der Waals surface area (Å²) in [6.45, 7) is 3.23. The van der Waals surface area contributed by atoms with Gasteiger partial charge in [0.2, 0.25) is 5.43 Å². The number of amides is 2. The topological polar surface area (TPSA) is 72.9 Å². The Labute approximate surface area is 117 Å². The Bertz CT molecular complexity index is 547. The van der Waals surface area contributed by atoms with Gasteiger partial charge in [0.15, 0.2) is 5.75 Å². The fourth-order valence-electron chi connectivity index (χ4n) is 2.09. The van der Waals surface area contributed by atoms with Crippen LogP contribution in [0.25, 0.3) is 0 Å². The predicted molar refractivity (Wildman–Crippen MR) is 77.1 cm³/mol. The van der Waals surface area contributed by atoms with Crippen molar-refractivity contribution in [2.75, 3.05) is 38.5 Å². The first kappa shape index (κ1) is 14.3. The summed E-state index contributed by atoms with van der Waals surface area (Å²) >= 11 is 0. The molecule has 1 aromatic carbocycles. The van der Waals surface area contributed by atoms with Gasteiger partial charge in [-0.05, 0) is 44.3 Å². The van der Waals surface area contributed by atoms with Crippen molar-refractivity contribution in [1.29, 1.82) is 0 Å². The zero-order valence-corrected chi connectivity index (χ0v) is 11.5. The van der Waals surface area contributed by atoms with Crippen LogP contribution in [0, 0.1) is 0 Å². The highest BCUT2D eigenvalue weighted by atomic mass is 16.3. The van der Waals surface area contributed by atoms with Crippen molar-refractivity contribution in [1.82, 2.24) is 9.80 Å². The van der Waals surface area contributed by atoms with E-state index in [4.69, 9.17) is 0 Å². The average molecular weight is 277 g/mol. The molecule has 6 nitrogen and oxygen atoms in total. The molecule has 2 rings (SSSR count). The number of anilines is 1. The van der Waals surface area contributed by atoms with Crippen molar-refractivity contribution < 1.29 is 9.90 Å². The van der Waals surface area contributed by atoms with Crippen LogP contribution in [0.5, 0.6) is 5.75 Å². The fourth-order valence-corrected chi connectivity index (χ4v) is 2.09. The van der Waals surface area contributed by atoms with Crippen molar-refractivity contribution in [3.05, 3.63) is 34.5 Å². The summed E-state index contributed by atoms with van der Waals surface area (Å²) in [4.78, 5) is 27.4. The molecule has 1 saturated heterocycles. The van der Waals surface area contributed by atoms with Crippen molar-refractivity contribution in [2.24, 2.45) is 0 Å². The van der Waals surface area contributed by atoms with E-state index >= 15 is 0 Å². The molecule has 1 fully saturated rings. The van der Waals surface area contributed by atoms with E-state index in [0.29, 0.717) is 18.8 Å². The molecule has 20 heavy (non-hydrogen) atoms. The number of nitrogens with zero attached hydrogens (tertiary/aromatic N) is 2. The summed E-state index contributed by atoms with van der Waals surface area (Å²) in [5, 5.41) is 12.1. The van der Waals surface area contributed by atoms with Gasteiger partial charge in [0, 0.05) is 25.3 Å². The molecule has 0 saturated carbocycles. The summed E-state index contributed by atoms with van der Waals surface area (Å²) in [7, 11) is 2.04. The van der Waals surface area contributed by atoms with Crippen LogP contribution in [0.15, 0.2) is 29.1 Å². The van der Waals surface area contributed by atoms with Gasteiger partial charge in [0.05, 0.1) is 0 Å². The highest BCUT2D eigenvalue weighted by molar-refractivity contribution is 5.89. The van der Waals surface area contributed by atoms with Gasteiger partial charge in [0.1, 0.15) is 0 Å². The van der Waals surface area contributed by atoms with Crippen LogP contribution in [-0.4, -0.2) is 54.2 Å². The van der Waals surface area contributed by atoms with Gasteiger partial charge >= 0.3 is 6.03 Å². The zero-order valence-electron chi connectivity index (χ0n) is 11.5. The van der Waals surface area contributed by atoms with E-state index in [-0.39, 0.29) is 11.8 Å². The van der Waals surface area contributed by atoms with Crippen LogP contribution in [-0.2, 0) is 0 Å². The van der Waals surface area contributed by atoms with Crippen LogP contribution < -0.4 is 10.7 Å². The number of likely N-dealkylation sites (N-methyl/N-ethyl adjacent to an activating group) is 1. The maximum Gasteiger partial charge on any atom is 0.321 e. The van der Waals surface area contributed by atoms with Crippen LogP contribution in [0.4, 0.5) is 10.5 Å². The van der Waals surface area contributed by atoms with Crippen LogP contribution >= 0.6 is 0 Å². The van der Waals surface area contributed by atoms with Crippen molar-refractivity contribution >= 4 is 11.7 Å². The number of nitrogens with one attached hydrogen (secondary N) is 1. The highest BCUT2D eigenvalue weighted by Gasteiger charge is 2.17. The van der Waals surface area contributed by atoms with Gasteiger partial charge < -0.3 is 20.2 Å². The Morgan fingerprint density at radius 3 is 2.70 bits per heavy atom. The second kappa shape index (κ2) is 6.38. The Balaban J connectivity index is 2.04. The number of rotatable bonds is 1. The lowest BCUT2D eigenvalue weighted by Crippen LogP contribution is -2.37. The van der Waals surface area contributed by atoms with Gasteiger partial charge in [-0.25, -0.2) is 4.79 Å². The molecular weight excluding hydrogens is 258 g/mol. The molecular formula is C14H19N3O3. The molecule has 1 aromatic rings. The van der Waals surface area contributed by atoms with Gasteiger partial charge in [-0.3, -0.25) is 4.79 Å². The molecule has 108 valence electrons. The Morgan fingerprint density at radius 2 is 1.90 bits per heavy atom. The molecule has 0 bridgehead atoms. The van der Waals surface area contributed by atoms with Gasteiger partial charge in [-0.15, -0.1) is 0 Å². The monoisotopic (exact) mass is 277 g/mol. The predicted octanol–water partition coefficient (Wildman–Crippen LogP) is 0.922. The van der Waals surface area contributed by atoms with E-state index in [1.165, 1.54) is 24.3 Å². The summed E-state index contributed by atoms with van der Waals surface area (Å²) < 4.78 is 0. The minimum absolute atomic E-state index is 0.182. The minimum atomic E-state index is -0.470. The van der Waals surface area contributed by atoms with Crippen molar-refractivity contribution in [3.8, 4) is 5.75 Å². The quantitative estimate of drug-likeness (QED) is 0.800. The van der Waals surface area contributed by atoms with Crippen molar-refractivity contribution in [3.63, 3.8) is 0 Å². The standard InChI is InChI=1S/C14H19N3O3/c1-16-7-2-8-17(10-9-16)14(20)15-11-3-5-12(18)13(19)6-4-11/h3-6H,2,7-10H2,1H3,(H,15,20)(H,18,19). The molecule has 0 aliphatic carbocycles.